The van der Waals surface area contributed by atoms with Crippen molar-refractivity contribution in [2.45, 2.75) is 19.4 Å². The lowest BCUT2D eigenvalue weighted by atomic mass is 10.3. The van der Waals surface area contributed by atoms with Crippen molar-refractivity contribution in [3.05, 3.63) is 65.1 Å². The SMILES string of the molecule is O=C(CCCOc1ccccc1)NCCn1c(=O)[nH]c2ccccc21. The van der Waals surface area contributed by atoms with Crippen LogP contribution in [0.25, 0.3) is 11.0 Å². The van der Waals surface area contributed by atoms with Crippen LogP contribution in [-0.4, -0.2) is 28.6 Å². The third kappa shape index (κ3) is 4.50. The lowest BCUT2D eigenvalue weighted by Gasteiger charge is -2.07. The highest BCUT2D eigenvalue weighted by Gasteiger charge is 2.06. The lowest BCUT2D eigenvalue weighted by molar-refractivity contribution is -0.121. The number of ether oxygens (including phenoxy) is 1. The largest absolute Gasteiger partial charge is 0.494 e. The molecule has 0 spiro atoms. The van der Waals surface area contributed by atoms with E-state index in [-0.39, 0.29) is 11.6 Å². The average Bonchev–Trinajstić information content (AvgIpc) is 2.95. The van der Waals surface area contributed by atoms with Crippen LogP contribution in [-0.2, 0) is 11.3 Å². The van der Waals surface area contributed by atoms with Crippen molar-refractivity contribution in [1.29, 1.82) is 0 Å². The Morgan fingerprint density at radius 2 is 1.84 bits per heavy atom. The van der Waals surface area contributed by atoms with Crippen LogP contribution in [0.15, 0.2) is 59.4 Å². The van der Waals surface area contributed by atoms with E-state index in [2.05, 4.69) is 10.3 Å². The van der Waals surface area contributed by atoms with E-state index < -0.39 is 0 Å². The Balaban J connectivity index is 1.39. The Labute approximate surface area is 145 Å². The molecule has 0 aliphatic carbocycles. The molecule has 130 valence electrons. The number of hydrogen-bond acceptors (Lipinski definition) is 3. The van der Waals surface area contributed by atoms with Crippen molar-refractivity contribution >= 4 is 16.9 Å². The number of para-hydroxylation sites is 3. The van der Waals surface area contributed by atoms with Gasteiger partial charge in [0.1, 0.15) is 5.75 Å². The number of fused-ring (bicyclic) bond motifs is 1. The van der Waals surface area contributed by atoms with E-state index in [0.29, 0.717) is 32.5 Å². The van der Waals surface area contributed by atoms with Gasteiger partial charge in [0.15, 0.2) is 0 Å². The van der Waals surface area contributed by atoms with Gasteiger partial charge in [-0.2, -0.15) is 0 Å². The van der Waals surface area contributed by atoms with E-state index in [1.54, 1.807) is 4.57 Å². The normalized spacial score (nSPS) is 10.7. The average molecular weight is 339 g/mol. The molecule has 0 bridgehead atoms. The van der Waals surface area contributed by atoms with E-state index >= 15 is 0 Å². The van der Waals surface area contributed by atoms with Crippen LogP contribution >= 0.6 is 0 Å². The van der Waals surface area contributed by atoms with E-state index in [1.807, 2.05) is 54.6 Å². The van der Waals surface area contributed by atoms with Gasteiger partial charge in [-0.3, -0.25) is 9.36 Å². The van der Waals surface area contributed by atoms with Crippen molar-refractivity contribution < 1.29 is 9.53 Å². The first-order valence-electron chi connectivity index (χ1n) is 8.36. The fourth-order valence-electron chi connectivity index (χ4n) is 2.66. The van der Waals surface area contributed by atoms with Crippen molar-refractivity contribution in [3.8, 4) is 5.75 Å². The topological polar surface area (TPSA) is 76.1 Å². The van der Waals surface area contributed by atoms with E-state index in [1.165, 1.54) is 0 Å². The lowest BCUT2D eigenvalue weighted by Crippen LogP contribution is -2.30. The number of H-pyrrole nitrogens is 1. The van der Waals surface area contributed by atoms with Gasteiger partial charge in [-0.15, -0.1) is 0 Å². The van der Waals surface area contributed by atoms with Gasteiger partial charge in [0, 0.05) is 19.5 Å². The van der Waals surface area contributed by atoms with E-state index in [9.17, 15) is 9.59 Å². The van der Waals surface area contributed by atoms with Gasteiger partial charge in [0.2, 0.25) is 5.91 Å². The molecule has 0 fully saturated rings. The first-order valence-corrected chi connectivity index (χ1v) is 8.36. The maximum atomic E-state index is 11.9. The monoisotopic (exact) mass is 339 g/mol. The number of imidazole rings is 1. The number of amides is 1. The van der Waals surface area contributed by atoms with Crippen LogP contribution < -0.4 is 15.7 Å². The summed E-state index contributed by atoms with van der Waals surface area (Å²) in [6.07, 6.45) is 1.05. The minimum absolute atomic E-state index is 0.0375. The molecule has 2 N–H and O–H groups in total. The number of carbonyl (C=O) groups is 1. The number of benzene rings is 2. The second kappa shape index (κ2) is 8.19. The molecule has 0 atom stereocenters. The number of nitrogens with zero attached hydrogens (tertiary/aromatic N) is 1. The molecule has 0 aliphatic rings. The van der Waals surface area contributed by atoms with Crippen LogP contribution in [0.3, 0.4) is 0 Å². The number of carbonyl (C=O) groups excluding carboxylic acids is 1. The zero-order valence-electron chi connectivity index (χ0n) is 13.9. The molecule has 0 saturated carbocycles. The van der Waals surface area contributed by atoms with Crippen LogP contribution in [0.1, 0.15) is 12.8 Å². The zero-order valence-corrected chi connectivity index (χ0v) is 13.9. The molecule has 3 rings (SSSR count). The maximum absolute atomic E-state index is 11.9. The van der Waals surface area contributed by atoms with Gasteiger partial charge in [-0.1, -0.05) is 30.3 Å². The molecule has 0 radical (unpaired) electrons. The highest BCUT2D eigenvalue weighted by molar-refractivity contribution is 5.76. The van der Waals surface area contributed by atoms with Gasteiger partial charge in [-0.25, -0.2) is 4.79 Å². The molecular formula is C19H21N3O3. The highest BCUT2D eigenvalue weighted by atomic mass is 16.5. The Hall–Kier alpha value is -3.02. The molecule has 0 saturated heterocycles. The summed E-state index contributed by atoms with van der Waals surface area (Å²) in [4.78, 5) is 26.6. The first-order chi connectivity index (χ1) is 12.2. The number of rotatable bonds is 8. The van der Waals surface area contributed by atoms with Gasteiger partial charge in [-0.05, 0) is 30.7 Å². The minimum Gasteiger partial charge on any atom is -0.494 e. The number of nitrogens with one attached hydrogen (secondary N) is 2. The van der Waals surface area contributed by atoms with E-state index in [0.717, 1.165) is 16.8 Å². The quantitative estimate of drug-likeness (QED) is 0.618. The fraction of sp³-hybridized carbons (Fsp3) is 0.263. The molecule has 6 nitrogen and oxygen atoms in total. The Bertz CT molecular complexity index is 884. The minimum atomic E-state index is -0.160. The molecule has 3 aromatic rings. The van der Waals surface area contributed by atoms with Gasteiger partial charge in [0.25, 0.3) is 0 Å². The van der Waals surface area contributed by atoms with Crippen molar-refractivity contribution in [2.24, 2.45) is 0 Å². The highest BCUT2D eigenvalue weighted by Crippen LogP contribution is 2.09. The summed E-state index contributed by atoms with van der Waals surface area (Å²) >= 11 is 0. The molecular weight excluding hydrogens is 318 g/mol. The molecule has 0 unspecified atom stereocenters. The molecule has 0 aliphatic heterocycles. The Morgan fingerprint density at radius 3 is 2.68 bits per heavy atom. The Morgan fingerprint density at radius 1 is 1.08 bits per heavy atom. The first kappa shape index (κ1) is 16.8. The zero-order chi connectivity index (χ0) is 17.5. The smallest absolute Gasteiger partial charge is 0.326 e. The van der Waals surface area contributed by atoms with Gasteiger partial charge >= 0.3 is 5.69 Å². The molecule has 2 aromatic carbocycles. The predicted molar refractivity (Wildman–Crippen MR) is 96.7 cm³/mol. The molecule has 1 aromatic heterocycles. The summed E-state index contributed by atoms with van der Waals surface area (Å²) in [6.45, 7) is 1.36. The van der Waals surface area contributed by atoms with E-state index in [4.69, 9.17) is 4.74 Å². The van der Waals surface area contributed by atoms with Crippen molar-refractivity contribution in [1.82, 2.24) is 14.9 Å². The third-order valence-corrected chi connectivity index (χ3v) is 3.90. The second-order valence-electron chi connectivity index (χ2n) is 5.71. The summed E-state index contributed by atoms with van der Waals surface area (Å²) in [6, 6.07) is 17.0. The molecule has 25 heavy (non-hydrogen) atoms. The number of aromatic nitrogens is 2. The van der Waals surface area contributed by atoms with Crippen LogP contribution in [0, 0.1) is 0 Å². The number of hydrogen-bond donors (Lipinski definition) is 2. The second-order valence-corrected chi connectivity index (χ2v) is 5.71. The van der Waals surface area contributed by atoms with Gasteiger partial charge < -0.3 is 15.0 Å². The van der Waals surface area contributed by atoms with Crippen LogP contribution in [0.4, 0.5) is 0 Å². The fourth-order valence-corrected chi connectivity index (χ4v) is 2.66. The summed E-state index contributed by atoms with van der Waals surface area (Å²) in [7, 11) is 0. The Kier molecular flexibility index (Phi) is 5.51. The predicted octanol–water partition coefficient (Wildman–Crippen LogP) is 2.30. The van der Waals surface area contributed by atoms with Crippen molar-refractivity contribution in [2.75, 3.05) is 13.2 Å². The molecule has 1 amide bonds. The maximum Gasteiger partial charge on any atom is 0.326 e. The molecule has 6 heteroatoms. The summed E-state index contributed by atoms with van der Waals surface area (Å²) in [5.41, 5.74) is 1.49. The number of aromatic amines is 1. The van der Waals surface area contributed by atoms with Gasteiger partial charge in [0.05, 0.1) is 17.6 Å². The van der Waals surface area contributed by atoms with Crippen molar-refractivity contribution in [3.63, 3.8) is 0 Å². The summed E-state index contributed by atoms with van der Waals surface area (Å²) in [5.74, 6) is 0.770. The summed E-state index contributed by atoms with van der Waals surface area (Å²) < 4.78 is 7.19. The standard InChI is InChI=1S/C19H21N3O3/c23-18(11-6-14-25-15-7-2-1-3-8-15)20-12-13-22-17-10-5-4-9-16(17)21-19(22)24/h1-5,7-10H,6,11-14H2,(H,20,23)(H,21,24). The van der Waals surface area contributed by atoms with Crippen LogP contribution in [0.2, 0.25) is 0 Å². The summed E-state index contributed by atoms with van der Waals surface area (Å²) in [5, 5.41) is 2.84. The molecule has 1 heterocycles. The van der Waals surface area contributed by atoms with Crippen LogP contribution in [0.5, 0.6) is 5.75 Å². The third-order valence-electron chi connectivity index (χ3n) is 3.90.